The minimum atomic E-state index is -3.68. The summed E-state index contributed by atoms with van der Waals surface area (Å²) in [5, 5.41) is 3.33. The first-order chi connectivity index (χ1) is 19.4. The van der Waals surface area contributed by atoms with E-state index in [4.69, 9.17) is 11.6 Å². The average Bonchev–Trinajstić information content (AvgIpc) is 2.91. The average molecular weight is 602 g/mol. The third-order valence-corrected chi connectivity index (χ3v) is 8.25. The molecule has 10 heteroatoms. The number of nitrogens with zero attached hydrogens (tertiary/aromatic N) is 2. The normalized spacial score (nSPS) is 12.2. The molecule has 1 atom stereocenters. The number of nitrogens with one attached hydrogen (secondary N) is 1. The zero-order valence-electron chi connectivity index (χ0n) is 23.8. The summed E-state index contributed by atoms with van der Waals surface area (Å²) in [4.78, 5) is 28.7. The Balaban J connectivity index is 1.91. The van der Waals surface area contributed by atoms with Gasteiger partial charge < -0.3 is 10.2 Å². The molecule has 3 aromatic rings. The highest BCUT2D eigenvalue weighted by Gasteiger charge is 2.31. The van der Waals surface area contributed by atoms with Gasteiger partial charge in [-0.25, -0.2) is 12.8 Å². The van der Waals surface area contributed by atoms with Crippen LogP contribution >= 0.6 is 11.6 Å². The van der Waals surface area contributed by atoms with E-state index in [-0.39, 0.29) is 55.8 Å². The summed E-state index contributed by atoms with van der Waals surface area (Å²) in [6.07, 6.45) is 1.46. The Labute approximate surface area is 247 Å². The maximum absolute atomic E-state index is 14.7. The zero-order valence-corrected chi connectivity index (χ0v) is 25.4. The van der Waals surface area contributed by atoms with Crippen molar-refractivity contribution in [1.82, 2.24) is 10.2 Å². The molecule has 0 radical (unpaired) electrons. The molecular formula is C31H37ClFN3O4S. The minimum Gasteiger partial charge on any atom is -0.352 e. The molecule has 0 bridgehead atoms. The van der Waals surface area contributed by atoms with E-state index in [2.05, 4.69) is 5.32 Å². The highest BCUT2D eigenvalue weighted by atomic mass is 35.5. The van der Waals surface area contributed by atoms with Gasteiger partial charge in [-0.05, 0) is 56.5 Å². The van der Waals surface area contributed by atoms with Crippen molar-refractivity contribution in [3.63, 3.8) is 0 Å². The fourth-order valence-corrected chi connectivity index (χ4v) is 5.78. The van der Waals surface area contributed by atoms with Gasteiger partial charge in [0.2, 0.25) is 21.8 Å². The first kappa shape index (κ1) is 32.1. The number of halogens is 2. The Morgan fingerprint density at radius 3 is 2.27 bits per heavy atom. The van der Waals surface area contributed by atoms with E-state index < -0.39 is 21.9 Å². The molecule has 0 aliphatic rings. The molecule has 0 fully saturated rings. The molecule has 0 aromatic heterocycles. The zero-order chi connectivity index (χ0) is 30.2. The summed E-state index contributed by atoms with van der Waals surface area (Å²) in [6, 6.07) is 19.4. The maximum atomic E-state index is 14.7. The predicted molar refractivity (Wildman–Crippen MR) is 162 cm³/mol. The Kier molecular flexibility index (Phi) is 11.3. The molecule has 0 saturated carbocycles. The van der Waals surface area contributed by atoms with E-state index >= 15 is 0 Å². The van der Waals surface area contributed by atoms with Crippen molar-refractivity contribution in [3.05, 3.63) is 100 Å². The molecule has 1 N–H and O–H groups in total. The van der Waals surface area contributed by atoms with E-state index in [0.29, 0.717) is 16.3 Å². The SMILES string of the molecule is Cc1c(Cl)cccc1N(CCCC(=O)N(Cc1ccccc1F)[C@H](Cc1ccccc1)C(=O)NC(C)C)S(C)(=O)=O. The van der Waals surface area contributed by atoms with E-state index in [1.165, 1.54) is 15.3 Å². The first-order valence-corrected chi connectivity index (χ1v) is 15.7. The van der Waals surface area contributed by atoms with Crippen LogP contribution < -0.4 is 9.62 Å². The minimum absolute atomic E-state index is 0.0286. The number of carbonyl (C=O) groups is 2. The van der Waals surface area contributed by atoms with Gasteiger partial charge in [0.15, 0.2) is 0 Å². The number of hydrogen-bond acceptors (Lipinski definition) is 4. The lowest BCUT2D eigenvalue weighted by Gasteiger charge is -2.32. The maximum Gasteiger partial charge on any atom is 0.243 e. The molecule has 0 unspecified atom stereocenters. The Hall–Kier alpha value is -3.43. The van der Waals surface area contributed by atoms with E-state index in [0.717, 1.165) is 11.8 Å². The fraction of sp³-hybridized carbons (Fsp3) is 0.355. The molecule has 0 spiro atoms. The van der Waals surface area contributed by atoms with Gasteiger partial charge >= 0.3 is 0 Å². The molecule has 220 valence electrons. The number of anilines is 1. The van der Waals surface area contributed by atoms with Crippen molar-refractivity contribution in [2.45, 2.75) is 58.7 Å². The summed E-state index contributed by atoms with van der Waals surface area (Å²) >= 11 is 6.24. The Bertz CT molecular complexity index is 1450. The number of amides is 2. The molecule has 2 amide bonds. The summed E-state index contributed by atoms with van der Waals surface area (Å²) in [7, 11) is -3.68. The van der Waals surface area contributed by atoms with Crippen molar-refractivity contribution in [1.29, 1.82) is 0 Å². The highest BCUT2D eigenvalue weighted by Crippen LogP contribution is 2.28. The lowest BCUT2D eigenvalue weighted by molar-refractivity contribution is -0.141. The standard InChI is InChI=1S/C31H37ClFN3O4S/c1-22(2)34-31(38)29(20-24-12-6-5-7-13-24)35(21-25-14-8-9-16-27(25)33)30(37)18-11-19-36(41(4,39)40)28-17-10-15-26(32)23(28)3/h5-10,12-17,22,29H,11,18-21H2,1-4H3,(H,34,38)/t29-/m1/s1. The summed E-state index contributed by atoms with van der Waals surface area (Å²) < 4.78 is 41.3. The van der Waals surface area contributed by atoms with Gasteiger partial charge in [-0.1, -0.05) is 66.2 Å². The molecular weight excluding hydrogens is 565 g/mol. The fourth-order valence-electron chi connectivity index (χ4n) is 4.59. The third-order valence-electron chi connectivity index (χ3n) is 6.66. The number of hydrogen-bond donors (Lipinski definition) is 1. The number of benzene rings is 3. The molecule has 7 nitrogen and oxygen atoms in total. The summed E-state index contributed by atoms with van der Waals surface area (Å²) in [5.74, 6) is -1.21. The van der Waals surface area contributed by atoms with Gasteiger partial charge in [0.25, 0.3) is 0 Å². The van der Waals surface area contributed by atoms with Crippen LogP contribution in [0.1, 0.15) is 43.4 Å². The van der Waals surface area contributed by atoms with Crippen LogP contribution in [0.4, 0.5) is 10.1 Å². The molecule has 0 aliphatic carbocycles. The number of sulfonamides is 1. The van der Waals surface area contributed by atoms with Crippen LogP contribution in [0.3, 0.4) is 0 Å². The van der Waals surface area contributed by atoms with E-state index in [1.54, 1.807) is 43.3 Å². The smallest absolute Gasteiger partial charge is 0.243 e. The van der Waals surface area contributed by atoms with Crippen molar-refractivity contribution >= 4 is 39.1 Å². The van der Waals surface area contributed by atoms with Gasteiger partial charge in [0.05, 0.1) is 11.9 Å². The first-order valence-electron chi connectivity index (χ1n) is 13.5. The topological polar surface area (TPSA) is 86.8 Å². The second-order valence-corrected chi connectivity index (χ2v) is 12.6. The monoisotopic (exact) mass is 601 g/mol. The summed E-state index contributed by atoms with van der Waals surface area (Å²) in [6.45, 7) is 5.31. The van der Waals surface area contributed by atoms with Crippen LogP contribution in [0.5, 0.6) is 0 Å². The van der Waals surface area contributed by atoms with Crippen LogP contribution in [-0.4, -0.2) is 50.0 Å². The van der Waals surface area contributed by atoms with E-state index in [9.17, 15) is 22.4 Å². The van der Waals surface area contributed by atoms with Crippen LogP contribution in [0.2, 0.25) is 5.02 Å². The van der Waals surface area contributed by atoms with Crippen molar-refractivity contribution in [2.75, 3.05) is 17.1 Å². The summed E-state index contributed by atoms with van der Waals surface area (Å²) in [5.41, 5.74) is 2.18. The van der Waals surface area contributed by atoms with Crippen molar-refractivity contribution in [3.8, 4) is 0 Å². The number of carbonyl (C=O) groups excluding carboxylic acids is 2. The van der Waals surface area contributed by atoms with Crippen molar-refractivity contribution in [2.24, 2.45) is 0 Å². The highest BCUT2D eigenvalue weighted by molar-refractivity contribution is 7.92. The van der Waals surface area contributed by atoms with Crippen LogP contribution in [0.15, 0.2) is 72.8 Å². The molecule has 3 rings (SSSR count). The lowest BCUT2D eigenvalue weighted by atomic mass is 10.0. The Morgan fingerprint density at radius 1 is 0.976 bits per heavy atom. The molecule has 0 heterocycles. The second-order valence-electron chi connectivity index (χ2n) is 10.3. The predicted octanol–water partition coefficient (Wildman–Crippen LogP) is 5.50. The van der Waals surface area contributed by atoms with Gasteiger partial charge in [-0.2, -0.15) is 0 Å². The second kappa shape index (κ2) is 14.5. The largest absolute Gasteiger partial charge is 0.352 e. The van der Waals surface area contributed by atoms with Gasteiger partial charge in [-0.3, -0.25) is 13.9 Å². The molecule has 41 heavy (non-hydrogen) atoms. The molecule has 0 saturated heterocycles. The van der Waals surface area contributed by atoms with Crippen molar-refractivity contribution < 1.29 is 22.4 Å². The van der Waals surface area contributed by atoms with Crippen LogP contribution in [0, 0.1) is 12.7 Å². The number of rotatable bonds is 13. The van der Waals surface area contributed by atoms with Gasteiger partial charge in [0.1, 0.15) is 11.9 Å². The Morgan fingerprint density at radius 2 is 1.63 bits per heavy atom. The quantitative estimate of drug-likeness (QED) is 0.280. The molecule has 3 aromatic carbocycles. The third kappa shape index (κ3) is 9.03. The van der Waals surface area contributed by atoms with Crippen LogP contribution in [0.25, 0.3) is 0 Å². The molecule has 0 aliphatic heterocycles. The van der Waals surface area contributed by atoms with E-state index in [1.807, 2.05) is 44.2 Å². The lowest BCUT2D eigenvalue weighted by Crippen LogP contribution is -2.52. The van der Waals surface area contributed by atoms with Crippen LogP contribution in [-0.2, 0) is 32.6 Å². The van der Waals surface area contributed by atoms with Gasteiger partial charge in [0, 0.05) is 42.6 Å². The van der Waals surface area contributed by atoms with Gasteiger partial charge in [-0.15, -0.1) is 0 Å².